The number of urea groups is 1. The van der Waals surface area contributed by atoms with Crippen LogP contribution in [0.4, 0.5) is 16.2 Å². The van der Waals surface area contributed by atoms with Crippen molar-refractivity contribution in [2.24, 2.45) is 0 Å². The minimum atomic E-state index is -0.173. The molecule has 2 N–H and O–H groups in total. The molecule has 2 atom stereocenters. The average Bonchev–Trinajstić information content (AvgIpc) is 3.33. The Morgan fingerprint density at radius 1 is 1.35 bits per heavy atom. The maximum Gasteiger partial charge on any atom is 0.319 e. The summed E-state index contributed by atoms with van der Waals surface area (Å²) in [6.45, 7) is 4.66. The average molecular weight is 372 g/mol. The Bertz CT molecular complexity index is 770. The van der Waals surface area contributed by atoms with Crippen LogP contribution >= 0.6 is 11.3 Å². The number of thiophene rings is 1. The zero-order chi connectivity index (χ0) is 17.9. The molecule has 1 aromatic heterocycles. The van der Waals surface area contributed by atoms with Crippen molar-refractivity contribution in [1.82, 2.24) is 5.32 Å². The Kier molecular flexibility index (Phi) is 5.13. The Morgan fingerprint density at radius 3 is 3.08 bits per heavy atom. The van der Waals surface area contributed by atoms with Crippen LogP contribution in [0.25, 0.3) is 0 Å². The lowest BCUT2D eigenvalue weighted by Gasteiger charge is -2.31. The van der Waals surface area contributed by atoms with Gasteiger partial charge >= 0.3 is 6.03 Å². The van der Waals surface area contributed by atoms with Gasteiger partial charge in [0.05, 0.1) is 23.5 Å². The largest absolute Gasteiger partial charge is 0.376 e. The van der Waals surface area contributed by atoms with Gasteiger partial charge in [-0.3, -0.25) is 0 Å². The molecule has 1 aromatic carbocycles. The van der Waals surface area contributed by atoms with E-state index < -0.39 is 0 Å². The number of ether oxygens (including phenoxy) is 1. The minimum Gasteiger partial charge on any atom is -0.376 e. The highest BCUT2D eigenvalue weighted by Gasteiger charge is 2.24. The van der Waals surface area contributed by atoms with Gasteiger partial charge in [0.15, 0.2) is 0 Å². The van der Waals surface area contributed by atoms with Crippen molar-refractivity contribution < 1.29 is 9.53 Å². The van der Waals surface area contributed by atoms with Crippen molar-refractivity contribution in [3.8, 4) is 0 Å². The molecule has 2 amide bonds. The van der Waals surface area contributed by atoms with E-state index in [1.807, 2.05) is 36.5 Å². The van der Waals surface area contributed by atoms with Crippen LogP contribution in [0.2, 0.25) is 0 Å². The van der Waals surface area contributed by atoms with Crippen molar-refractivity contribution in [1.29, 1.82) is 0 Å². The number of amides is 2. The van der Waals surface area contributed by atoms with E-state index >= 15 is 0 Å². The summed E-state index contributed by atoms with van der Waals surface area (Å²) in [5.41, 5.74) is 3.32. The standard InChI is InChI=1S/C20H25N3O2S/c1-14(18-7-4-11-25-18)21-20(24)22-16-5-2-3-6-17(16)23-10-8-19-15(13-23)9-12-26-19/h2-3,5-6,9,12,14,18H,4,7-8,10-11,13H2,1H3,(H2,21,22,24)/t14-,18+/m1/s1. The molecule has 0 aliphatic carbocycles. The molecule has 2 aliphatic heterocycles. The molecule has 0 bridgehead atoms. The van der Waals surface area contributed by atoms with Crippen molar-refractivity contribution in [3.63, 3.8) is 0 Å². The number of hydrogen-bond donors (Lipinski definition) is 2. The van der Waals surface area contributed by atoms with Crippen molar-refractivity contribution in [2.75, 3.05) is 23.4 Å². The number of benzene rings is 1. The first kappa shape index (κ1) is 17.4. The van der Waals surface area contributed by atoms with Crippen molar-refractivity contribution in [2.45, 2.75) is 44.9 Å². The van der Waals surface area contributed by atoms with Crippen LogP contribution < -0.4 is 15.5 Å². The third kappa shape index (κ3) is 3.71. The highest BCUT2D eigenvalue weighted by Crippen LogP contribution is 2.32. The summed E-state index contributed by atoms with van der Waals surface area (Å²) in [4.78, 5) is 16.3. The summed E-state index contributed by atoms with van der Waals surface area (Å²) < 4.78 is 5.66. The van der Waals surface area contributed by atoms with Gasteiger partial charge in [0.2, 0.25) is 0 Å². The van der Waals surface area contributed by atoms with Gasteiger partial charge in [-0.25, -0.2) is 4.79 Å². The number of nitrogens with one attached hydrogen (secondary N) is 2. The number of rotatable bonds is 4. The van der Waals surface area contributed by atoms with E-state index in [0.717, 1.165) is 50.3 Å². The van der Waals surface area contributed by atoms with Gasteiger partial charge in [0.25, 0.3) is 0 Å². The second-order valence-corrected chi connectivity index (χ2v) is 8.00. The lowest BCUT2D eigenvalue weighted by Crippen LogP contribution is -2.43. The highest BCUT2D eigenvalue weighted by atomic mass is 32.1. The number of fused-ring (bicyclic) bond motifs is 1. The van der Waals surface area contributed by atoms with Crippen LogP contribution in [0.3, 0.4) is 0 Å². The minimum absolute atomic E-state index is 0.00742. The zero-order valence-corrected chi connectivity index (χ0v) is 15.8. The van der Waals surface area contributed by atoms with E-state index in [1.165, 1.54) is 10.4 Å². The Hall–Kier alpha value is -2.05. The van der Waals surface area contributed by atoms with E-state index in [1.54, 1.807) is 0 Å². The molecule has 0 spiro atoms. The van der Waals surface area contributed by atoms with Crippen LogP contribution in [0, 0.1) is 0 Å². The molecule has 1 fully saturated rings. The summed E-state index contributed by atoms with van der Waals surface area (Å²) >= 11 is 1.84. The lowest BCUT2D eigenvalue weighted by atomic mass is 10.1. The topological polar surface area (TPSA) is 53.6 Å². The van der Waals surface area contributed by atoms with Crippen LogP contribution in [0.5, 0.6) is 0 Å². The smallest absolute Gasteiger partial charge is 0.319 e. The Morgan fingerprint density at radius 2 is 2.23 bits per heavy atom. The van der Waals surface area contributed by atoms with E-state index in [-0.39, 0.29) is 18.2 Å². The normalized spacial score (nSPS) is 20.5. The number of para-hydroxylation sites is 2. The molecule has 3 heterocycles. The van der Waals surface area contributed by atoms with Gasteiger partial charge in [0.1, 0.15) is 0 Å². The number of nitrogens with zero attached hydrogens (tertiary/aromatic N) is 1. The SMILES string of the molecule is C[C@@H](NC(=O)Nc1ccccc1N1CCc2sccc2C1)[C@@H]1CCCO1. The zero-order valence-electron chi connectivity index (χ0n) is 15.0. The Balaban J connectivity index is 1.43. The van der Waals surface area contributed by atoms with Gasteiger partial charge < -0.3 is 20.3 Å². The predicted molar refractivity (Wildman–Crippen MR) is 106 cm³/mol. The number of carbonyl (C=O) groups is 1. The first-order valence-electron chi connectivity index (χ1n) is 9.29. The van der Waals surface area contributed by atoms with E-state index in [0.29, 0.717) is 0 Å². The molecule has 6 heteroatoms. The van der Waals surface area contributed by atoms with Crippen molar-refractivity contribution >= 4 is 28.7 Å². The Labute approximate surface area is 158 Å². The summed E-state index contributed by atoms with van der Waals surface area (Å²) in [6, 6.07) is 10.1. The molecule has 2 aromatic rings. The number of hydrogen-bond acceptors (Lipinski definition) is 4. The molecule has 4 rings (SSSR count). The molecular formula is C20H25N3O2S. The quantitative estimate of drug-likeness (QED) is 0.854. The maximum atomic E-state index is 12.5. The van der Waals surface area contributed by atoms with Crippen LogP contribution in [0.1, 0.15) is 30.2 Å². The summed E-state index contributed by atoms with van der Waals surface area (Å²) in [5, 5.41) is 8.22. The summed E-state index contributed by atoms with van der Waals surface area (Å²) in [7, 11) is 0. The molecule has 138 valence electrons. The second-order valence-electron chi connectivity index (χ2n) is 7.00. The molecule has 5 nitrogen and oxygen atoms in total. The summed E-state index contributed by atoms with van der Waals surface area (Å²) in [5.74, 6) is 0. The first-order valence-corrected chi connectivity index (χ1v) is 10.2. The fraction of sp³-hybridized carbons (Fsp3) is 0.450. The highest BCUT2D eigenvalue weighted by molar-refractivity contribution is 7.10. The van der Waals surface area contributed by atoms with Gasteiger partial charge in [-0.2, -0.15) is 0 Å². The molecule has 0 unspecified atom stereocenters. The number of carbonyl (C=O) groups excluding carboxylic acids is 1. The molecule has 2 aliphatic rings. The van der Waals surface area contributed by atoms with E-state index in [9.17, 15) is 4.79 Å². The van der Waals surface area contributed by atoms with Gasteiger partial charge in [0, 0.05) is 24.6 Å². The molecule has 1 saturated heterocycles. The van der Waals surface area contributed by atoms with Gasteiger partial charge in [-0.15, -0.1) is 11.3 Å². The first-order chi connectivity index (χ1) is 12.7. The molecule has 26 heavy (non-hydrogen) atoms. The van der Waals surface area contributed by atoms with E-state index in [4.69, 9.17) is 4.74 Å². The van der Waals surface area contributed by atoms with Crippen LogP contribution in [0.15, 0.2) is 35.7 Å². The number of anilines is 2. The second kappa shape index (κ2) is 7.68. The third-order valence-electron chi connectivity index (χ3n) is 5.18. The molecule has 0 saturated carbocycles. The van der Waals surface area contributed by atoms with Crippen LogP contribution in [-0.4, -0.2) is 31.3 Å². The van der Waals surface area contributed by atoms with Gasteiger partial charge in [-0.05, 0) is 55.3 Å². The third-order valence-corrected chi connectivity index (χ3v) is 6.20. The fourth-order valence-electron chi connectivity index (χ4n) is 3.76. The van der Waals surface area contributed by atoms with Crippen molar-refractivity contribution in [3.05, 3.63) is 46.2 Å². The fourth-order valence-corrected chi connectivity index (χ4v) is 4.65. The molecule has 0 radical (unpaired) electrons. The summed E-state index contributed by atoms with van der Waals surface area (Å²) in [6.07, 6.45) is 3.26. The lowest BCUT2D eigenvalue weighted by molar-refractivity contribution is 0.0868. The van der Waals surface area contributed by atoms with E-state index in [2.05, 4.69) is 33.0 Å². The monoisotopic (exact) mass is 371 g/mol. The van der Waals surface area contributed by atoms with Crippen LogP contribution in [-0.2, 0) is 17.7 Å². The van der Waals surface area contributed by atoms with Gasteiger partial charge in [-0.1, -0.05) is 12.1 Å². The maximum absolute atomic E-state index is 12.5. The molecular weight excluding hydrogens is 346 g/mol. The predicted octanol–water partition coefficient (Wildman–Crippen LogP) is 4.00.